The van der Waals surface area contributed by atoms with Gasteiger partial charge in [0, 0.05) is 26.1 Å². The maximum absolute atomic E-state index is 12.5. The fourth-order valence-corrected chi connectivity index (χ4v) is 1.26. The lowest BCUT2D eigenvalue weighted by Gasteiger charge is -2.11. The van der Waals surface area contributed by atoms with E-state index < -0.39 is 6.17 Å². The van der Waals surface area contributed by atoms with Crippen LogP contribution in [0.4, 0.5) is 4.39 Å². The summed E-state index contributed by atoms with van der Waals surface area (Å²) < 4.78 is 12.5. The van der Waals surface area contributed by atoms with Crippen molar-refractivity contribution in [1.82, 2.24) is 4.90 Å². The van der Waals surface area contributed by atoms with Crippen LogP contribution in [-0.2, 0) is 4.79 Å². The van der Waals surface area contributed by atoms with Crippen LogP contribution in [0.5, 0.6) is 0 Å². The van der Waals surface area contributed by atoms with Gasteiger partial charge in [-0.05, 0) is 6.42 Å². The Morgan fingerprint density at radius 3 is 2.91 bits per heavy atom. The van der Waals surface area contributed by atoms with Crippen LogP contribution in [0.15, 0.2) is 0 Å². The second-order valence-electron chi connectivity index (χ2n) is 2.90. The van der Waals surface area contributed by atoms with Crippen molar-refractivity contribution in [2.24, 2.45) is 5.73 Å². The Bertz CT molecular complexity index is 151. The summed E-state index contributed by atoms with van der Waals surface area (Å²) in [5.41, 5.74) is 4.95. The summed E-state index contributed by atoms with van der Waals surface area (Å²) in [6.07, 6.45) is 0.230. The summed E-state index contributed by atoms with van der Waals surface area (Å²) >= 11 is 0. The van der Waals surface area contributed by atoms with Crippen molar-refractivity contribution in [2.75, 3.05) is 19.6 Å². The average molecular weight is 160 g/mol. The highest BCUT2D eigenvalue weighted by Crippen LogP contribution is 2.11. The minimum atomic E-state index is -0.706. The van der Waals surface area contributed by atoms with Gasteiger partial charge >= 0.3 is 0 Å². The van der Waals surface area contributed by atoms with E-state index in [-0.39, 0.29) is 5.91 Å². The van der Waals surface area contributed by atoms with Crippen LogP contribution in [0, 0.1) is 0 Å². The zero-order valence-corrected chi connectivity index (χ0v) is 6.42. The summed E-state index contributed by atoms with van der Waals surface area (Å²) in [6.45, 7) is 1.83. The van der Waals surface area contributed by atoms with Crippen LogP contribution < -0.4 is 5.73 Å². The molecular weight excluding hydrogens is 147 g/mol. The molecule has 1 saturated heterocycles. The molecule has 0 aromatic heterocycles. The smallest absolute Gasteiger partial charge is 0.218 e. The van der Waals surface area contributed by atoms with Crippen molar-refractivity contribution in [1.29, 1.82) is 0 Å². The van der Waals surface area contributed by atoms with Gasteiger partial charge in [-0.15, -0.1) is 0 Å². The molecule has 1 aliphatic heterocycles. The first-order chi connectivity index (χ1) is 5.18. The highest BCUT2D eigenvalue weighted by Gasteiger charge is 2.21. The predicted molar refractivity (Wildman–Crippen MR) is 39.8 cm³/mol. The van der Waals surface area contributed by atoms with Crippen LogP contribution >= 0.6 is 0 Å². The maximum Gasteiger partial charge on any atom is 0.218 e. The number of nitrogens with zero attached hydrogens (tertiary/aromatic N) is 1. The van der Waals surface area contributed by atoms with E-state index >= 15 is 0 Å². The molecule has 1 fully saturated rings. The number of primary amides is 1. The predicted octanol–water partition coefficient (Wildman–Crippen LogP) is -0.0944. The first-order valence-electron chi connectivity index (χ1n) is 3.83. The number of amides is 1. The van der Waals surface area contributed by atoms with Gasteiger partial charge in [0.15, 0.2) is 0 Å². The van der Waals surface area contributed by atoms with Crippen molar-refractivity contribution in [3.63, 3.8) is 0 Å². The third-order valence-electron chi connectivity index (χ3n) is 1.89. The molecule has 0 unspecified atom stereocenters. The number of hydrogen-bond donors (Lipinski definition) is 1. The van der Waals surface area contributed by atoms with Crippen molar-refractivity contribution in [3.05, 3.63) is 0 Å². The fourth-order valence-electron chi connectivity index (χ4n) is 1.26. The van der Waals surface area contributed by atoms with Gasteiger partial charge in [-0.3, -0.25) is 9.69 Å². The Labute approximate surface area is 65.3 Å². The number of carbonyl (C=O) groups excluding carboxylic acids is 1. The average Bonchev–Trinajstić information content (AvgIpc) is 2.31. The molecule has 0 aliphatic carbocycles. The van der Waals surface area contributed by atoms with Gasteiger partial charge in [-0.25, -0.2) is 4.39 Å². The summed E-state index contributed by atoms with van der Waals surface area (Å²) in [7, 11) is 0. The normalized spacial score (nSPS) is 25.7. The maximum atomic E-state index is 12.5. The van der Waals surface area contributed by atoms with E-state index in [9.17, 15) is 9.18 Å². The van der Waals surface area contributed by atoms with E-state index in [0.29, 0.717) is 25.9 Å². The van der Waals surface area contributed by atoms with Crippen LogP contribution in [0.2, 0.25) is 0 Å². The number of alkyl halides is 1. The van der Waals surface area contributed by atoms with E-state index in [1.165, 1.54) is 0 Å². The molecule has 1 rings (SSSR count). The second kappa shape index (κ2) is 3.67. The number of rotatable bonds is 3. The Balaban J connectivity index is 2.13. The van der Waals surface area contributed by atoms with E-state index in [0.717, 1.165) is 6.54 Å². The minimum Gasteiger partial charge on any atom is -0.370 e. The van der Waals surface area contributed by atoms with Crippen molar-refractivity contribution < 1.29 is 9.18 Å². The lowest BCUT2D eigenvalue weighted by molar-refractivity contribution is -0.118. The first kappa shape index (κ1) is 8.46. The first-order valence-corrected chi connectivity index (χ1v) is 3.83. The lowest BCUT2D eigenvalue weighted by atomic mass is 10.3. The molecule has 64 valence electrons. The van der Waals surface area contributed by atoms with E-state index in [4.69, 9.17) is 5.73 Å². The number of halogens is 1. The zero-order valence-electron chi connectivity index (χ0n) is 6.42. The largest absolute Gasteiger partial charge is 0.370 e. The highest BCUT2D eigenvalue weighted by atomic mass is 19.1. The second-order valence-corrected chi connectivity index (χ2v) is 2.90. The third-order valence-corrected chi connectivity index (χ3v) is 1.89. The molecule has 1 aliphatic rings. The minimum absolute atomic E-state index is 0.313. The fraction of sp³-hybridized carbons (Fsp3) is 0.857. The van der Waals surface area contributed by atoms with Gasteiger partial charge in [0.05, 0.1) is 0 Å². The van der Waals surface area contributed by atoms with Crippen molar-refractivity contribution in [2.45, 2.75) is 19.0 Å². The van der Waals surface area contributed by atoms with Gasteiger partial charge in [-0.1, -0.05) is 0 Å². The van der Waals surface area contributed by atoms with Gasteiger partial charge in [0.25, 0.3) is 0 Å². The number of likely N-dealkylation sites (tertiary alicyclic amines) is 1. The Hall–Kier alpha value is -0.640. The SMILES string of the molecule is NC(=O)CCN1CC[C@H](F)C1. The lowest BCUT2D eigenvalue weighted by Crippen LogP contribution is -2.26. The van der Waals surface area contributed by atoms with Gasteiger partial charge in [0.2, 0.25) is 5.91 Å². The molecule has 0 radical (unpaired) electrons. The molecular formula is C7H13FN2O. The summed E-state index contributed by atoms with van der Waals surface area (Å²) in [5, 5.41) is 0. The van der Waals surface area contributed by atoms with Crippen molar-refractivity contribution in [3.8, 4) is 0 Å². The summed E-state index contributed by atoms with van der Waals surface area (Å²) in [6, 6.07) is 0. The molecule has 11 heavy (non-hydrogen) atoms. The molecule has 2 N–H and O–H groups in total. The molecule has 0 saturated carbocycles. The summed E-state index contributed by atoms with van der Waals surface area (Å²) in [5.74, 6) is -0.313. The molecule has 0 aromatic carbocycles. The Morgan fingerprint density at radius 2 is 2.45 bits per heavy atom. The molecule has 0 spiro atoms. The number of carbonyl (C=O) groups is 1. The van der Waals surface area contributed by atoms with E-state index in [1.54, 1.807) is 0 Å². The van der Waals surface area contributed by atoms with E-state index in [1.807, 2.05) is 4.90 Å². The molecule has 0 bridgehead atoms. The monoisotopic (exact) mass is 160 g/mol. The van der Waals surface area contributed by atoms with Gasteiger partial charge < -0.3 is 5.73 Å². The quantitative estimate of drug-likeness (QED) is 0.627. The van der Waals surface area contributed by atoms with E-state index in [2.05, 4.69) is 0 Å². The summed E-state index contributed by atoms with van der Waals surface area (Å²) in [4.78, 5) is 12.3. The standard InChI is InChI=1S/C7H13FN2O/c8-6-1-3-10(5-6)4-2-7(9)11/h6H,1-5H2,(H2,9,11)/t6-/m0/s1. The molecule has 4 heteroatoms. The number of hydrogen-bond acceptors (Lipinski definition) is 2. The Morgan fingerprint density at radius 1 is 1.73 bits per heavy atom. The molecule has 1 amide bonds. The van der Waals surface area contributed by atoms with Crippen molar-refractivity contribution >= 4 is 5.91 Å². The molecule has 1 atom stereocenters. The van der Waals surface area contributed by atoms with Crippen LogP contribution in [0.25, 0.3) is 0 Å². The highest BCUT2D eigenvalue weighted by molar-refractivity contribution is 5.73. The van der Waals surface area contributed by atoms with Crippen LogP contribution in [0.1, 0.15) is 12.8 Å². The van der Waals surface area contributed by atoms with Crippen LogP contribution in [-0.4, -0.2) is 36.6 Å². The Kier molecular flexibility index (Phi) is 2.82. The number of nitrogens with two attached hydrogens (primary N) is 1. The topological polar surface area (TPSA) is 46.3 Å². The molecule has 0 aromatic rings. The van der Waals surface area contributed by atoms with Crippen LogP contribution in [0.3, 0.4) is 0 Å². The van der Waals surface area contributed by atoms with Gasteiger partial charge in [0.1, 0.15) is 6.17 Å². The molecule has 3 nitrogen and oxygen atoms in total. The third kappa shape index (κ3) is 2.84. The van der Waals surface area contributed by atoms with Gasteiger partial charge in [-0.2, -0.15) is 0 Å². The molecule has 1 heterocycles. The zero-order chi connectivity index (χ0) is 8.27.